The SMILES string of the molecule is COC(=O)c1ccccc1-c1cccc2c1C(C)(C)c1cc(Br)ccc1-2. The van der Waals surface area contributed by atoms with Crippen LogP contribution in [0.15, 0.2) is 65.1 Å². The summed E-state index contributed by atoms with van der Waals surface area (Å²) in [5.74, 6) is -0.311. The Bertz CT molecular complexity index is 1030. The molecule has 0 N–H and O–H groups in total. The van der Waals surface area contributed by atoms with Gasteiger partial charge in [0.15, 0.2) is 0 Å². The zero-order valence-electron chi connectivity index (χ0n) is 15.0. The first-order valence-electron chi connectivity index (χ1n) is 8.56. The summed E-state index contributed by atoms with van der Waals surface area (Å²) in [6.07, 6.45) is 0. The third kappa shape index (κ3) is 2.42. The Morgan fingerprint density at radius 3 is 2.27 bits per heavy atom. The lowest BCUT2D eigenvalue weighted by molar-refractivity contribution is 0.0601. The zero-order valence-corrected chi connectivity index (χ0v) is 16.6. The minimum absolute atomic E-state index is 0.158. The van der Waals surface area contributed by atoms with E-state index < -0.39 is 0 Å². The van der Waals surface area contributed by atoms with Gasteiger partial charge in [0.1, 0.15) is 0 Å². The summed E-state index contributed by atoms with van der Waals surface area (Å²) in [6, 6.07) is 20.4. The van der Waals surface area contributed by atoms with Crippen LogP contribution in [-0.2, 0) is 10.2 Å². The Hall–Kier alpha value is -2.39. The van der Waals surface area contributed by atoms with Crippen LogP contribution in [0, 0.1) is 0 Å². The molecule has 3 heteroatoms. The Morgan fingerprint density at radius 2 is 1.54 bits per heavy atom. The van der Waals surface area contributed by atoms with Gasteiger partial charge in [0.2, 0.25) is 0 Å². The number of fused-ring (bicyclic) bond motifs is 3. The molecule has 0 aliphatic heterocycles. The van der Waals surface area contributed by atoms with Crippen LogP contribution in [0.3, 0.4) is 0 Å². The molecule has 0 radical (unpaired) electrons. The zero-order chi connectivity index (χ0) is 18.5. The predicted molar refractivity (Wildman–Crippen MR) is 108 cm³/mol. The molecular weight excluding hydrogens is 388 g/mol. The van der Waals surface area contributed by atoms with Gasteiger partial charge in [-0.2, -0.15) is 0 Å². The maximum absolute atomic E-state index is 12.3. The van der Waals surface area contributed by atoms with E-state index in [1.54, 1.807) is 0 Å². The van der Waals surface area contributed by atoms with E-state index in [0.717, 1.165) is 15.6 Å². The highest BCUT2D eigenvalue weighted by atomic mass is 79.9. The van der Waals surface area contributed by atoms with Gasteiger partial charge in [0, 0.05) is 9.89 Å². The molecule has 3 aromatic carbocycles. The first-order chi connectivity index (χ1) is 12.4. The van der Waals surface area contributed by atoms with Crippen molar-refractivity contribution in [1.29, 1.82) is 0 Å². The van der Waals surface area contributed by atoms with Crippen LogP contribution in [0.25, 0.3) is 22.3 Å². The monoisotopic (exact) mass is 406 g/mol. The molecule has 0 atom stereocenters. The summed E-state index contributed by atoms with van der Waals surface area (Å²) in [5, 5.41) is 0. The van der Waals surface area contributed by atoms with Gasteiger partial charge in [-0.1, -0.05) is 72.2 Å². The molecule has 0 aromatic heterocycles. The number of methoxy groups -OCH3 is 1. The number of rotatable bonds is 2. The van der Waals surface area contributed by atoms with E-state index in [-0.39, 0.29) is 11.4 Å². The lowest BCUT2D eigenvalue weighted by atomic mass is 9.78. The number of ether oxygens (including phenoxy) is 1. The quantitative estimate of drug-likeness (QED) is 0.472. The van der Waals surface area contributed by atoms with E-state index in [2.05, 4.69) is 66.2 Å². The summed E-state index contributed by atoms with van der Waals surface area (Å²) in [4.78, 5) is 12.3. The first-order valence-corrected chi connectivity index (χ1v) is 9.36. The minimum Gasteiger partial charge on any atom is -0.465 e. The molecule has 0 saturated carbocycles. The fraction of sp³-hybridized carbons (Fsp3) is 0.174. The fourth-order valence-corrected chi connectivity index (χ4v) is 4.44. The standard InChI is InChI=1S/C23H19BrO2/c1-23(2)20-13-14(24)11-12-16(20)18-10-6-9-17(21(18)23)15-7-4-5-8-19(15)22(25)26-3/h4-13H,1-3H3. The molecule has 1 aliphatic carbocycles. The number of carbonyl (C=O) groups is 1. The Kier molecular flexibility index (Phi) is 4.00. The summed E-state index contributed by atoms with van der Waals surface area (Å²) in [5.41, 5.74) is 7.47. The molecule has 0 saturated heterocycles. The summed E-state index contributed by atoms with van der Waals surface area (Å²) < 4.78 is 6.08. The second kappa shape index (κ2) is 6.10. The topological polar surface area (TPSA) is 26.3 Å². The number of hydrogen-bond donors (Lipinski definition) is 0. The van der Waals surface area contributed by atoms with Crippen LogP contribution in [0.2, 0.25) is 0 Å². The maximum atomic E-state index is 12.3. The molecular formula is C23H19BrO2. The van der Waals surface area contributed by atoms with Crippen molar-refractivity contribution in [2.45, 2.75) is 19.3 Å². The molecule has 0 fully saturated rings. The van der Waals surface area contributed by atoms with Crippen molar-refractivity contribution in [3.63, 3.8) is 0 Å². The second-order valence-electron chi connectivity index (χ2n) is 7.08. The molecule has 4 rings (SSSR count). The smallest absolute Gasteiger partial charge is 0.338 e. The van der Waals surface area contributed by atoms with Gasteiger partial charge >= 0.3 is 5.97 Å². The second-order valence-corrected chi connectivity index (χ2v) is 8.00. The van der Waals surface area contributed by atoms with Crippen LogP contribution in [0.4, 0.5) is 0 Å². The van der Waals surface area contributed by atoms with Crippen molar-refractivity contribution in [3.05, 3.63) is 81.8 Å². The Balaban J connectivity index is 2.02. The molecule has 3 aromatic rings. The minimum atomic E-state index is -0.311. The van der Waals surface area contributed by atoms with Crippen LogP contribution < -0.4 is 0 Å². The lowest BCUT2D eigenvalue weighted by Crippen LogP contribution is -2.17. The highest BCUT2D eigenvalue weighted by Gasteiger charge is 2.38. The lowest BCUT2D eigenvalue weighted by Gasteiger charge is -2.25. The van der Waals surface area contributed by atoms with Crippen molar-refractivity contribution >= 4 is 21.9 Å². The average Bonchev–Trinajstić information content (AvgIpc) is 2.88. The molecule has 130 valence electrons. The molecule has 26 heavy (non-hydrogen) atoms. The largest absolute Gasteiger partial charge is 0.465 e. The number of benzene rings is 3. The summed E-state index contributed by atoms with van der Waals surface area (Å²) >= 11 is 3.60. The average molecular weight is 407 g/mol. The van der Waals surface area contributed by atoms with Crippen LogP contribution >= 0.6 is 15.9 Å². The van der Waals surface area contributed by atoms with E-state index in [4.69, 9.17) is 4.74 Å². The molecule has 2 nitrogen and oxygen atoms in total. The van der Waals surface area contributed by atoms with Crippen molar-refractivity contribution in [2.24, 2.45) is 0 Å². The third-order valence-corrected chi connectivity index (χ3v) is 5.75. The van der Waals surface area contributed by atoms with Gasteiger partial charge in [0.25, 0.3) is 0 Å². The van der Waals surface area contributed by atoms with E-state index in [0.29, 0.717) is 5.56 Å². The van der Waals surface area contributed by atoms with Crippen molar-refractivity contribution in [1.82, 2.24) is 0 Å². The number of halogens is 1. The van der Waals surface area contributed by atoms with Gasteiger partial charge in [-0.15, -0.1) is 0 Å². The summed E-state index contributed by atoms with van der Waals surface area (Å²) in [7, 11) is 1.42. The number of esters is 1. The summed E-state index contributed by atoms with van der Waals surface area (Å²) in [6.45, 7) is 4.49. The molecule has 0 bridgehead atoms. The molecule has 0 amide bonds. The predicted octanol–water partition coefficient (Wildman–Crippen LogP) is 6.21. The fourth-order valence-electron chi connectivity index (χ4n) is 4.08. The molecule has 1 aliphatic rings. The van der Waals surface area contributed by atoms with Gasteiger partial charge in [0.05, 0.1) is 12.7 Å². The number of hydrogen-bond acceptors (Lipinski definition) is 2. The first kappa shape index (κ1) is 17.0. The molecule has 0 heterocycles. The Morgan fingerprint density at radius 1 is 0.885 bits per heavy atom. The van der Waals surface area contributed by atoms with E-state index in [1.165, 1.54) is 29.4 Å². The van der Waals surface area contributed by atoms with E-state index >= 15 is 0 Å². The highest BCUT2D eigenvalue weighted by molar-refractivity contribution is 9.10. The van der Waals surface area contributed by atoms with Gasteiger partial charge in [-0.3, -0.25) is 0 Å². The van der Waals surface area contributed by atoms with Crippen molar-refractivity contribution < 1.29 is 9.53 Å². The molecule has 0 unspecified atom stereocenters. The van der Waals surface area contributed by atoms with Crippen molar-refractivity contribution in [3.8, 4) is 22.3 Å². The van der Waals surface area contributed by atoms with Gasteiger partial charge in [-0.25, -0.2) is 4.79 Å². The molecule has 0 spiro atoms. The normalized spacial score (nSPS) is 13.8. The van der Waals surface area contributed by atoms with E-state index in [1.807, 2.05) is 24.3 Å². The number of carbonyl (C=O) groups excluding carboxylic acids is 1. The van der Waals surface area contributed by atoms with E-state index in [9.17, 15) is 4.79 Å². The van der Waals surface area contributed by atoms with Crippen LogP contribution in [0.5, 0.6) is 0 Å². The third-order valence-electron chi connectivity index (χ3n) is 5.26. The van der Waals surface area contributed by atoms with Gasteiger partial charge < -0.3 is 4.74 Å². The van der Waals surface area contributed by atoms with Crippen LogP contribution in [-0.4, -0.2) is 13.1 Å². The van der Waals surface area contributed by atoms with Crippen molar-refractivity contribution in [2.75, 3.05) is 7.11 Å². The highest BCUT2D eigenvalue weighted by Crippen LogP contribution is 2.52. The maximum Gasteiger partial charge on any atom is 0.338 e. The van der Waals surface area contributed by atoms with Gasteiger partial charge in [-0.05, 0) is 51.6 Å². The Labute approximate surface area is 162 Å². The van der Waals surface area contributed by atoms with Crippen LogP contribution in [0.1, 0.15) is 35.3 Å².